The molecule has 3 aliphatic rings. The maximum Gasteiger partial charge on any atom is 0.416 e. The topological polar surface area (TPSA) is 78.9 Å². The highest BCUT2D eigenvalue weighted by Crippen LogP contribution is 2.47. The van der Waals surface area contributed by atoms with Gasteiger partial charge in [0.15, 0.2) is 0 Å². The van der Waals surface area contributed by atoms with E-state index in [2.05, 4.69) is 17.1 Å². The van der Waals surface area contributed by atoms with Crippen LogP contribution in [0.1, 0.15) is 72.0 Å². The van der Waals surface area contributed by atoms with Crippen LogP contribution in [-0.4, -0.2) is 53.2 Å². The van der Waals surface area contributed by atoms with Gasteiger partial charge in [-0.15, -0.1) is 0 Å². The van der Waals surface area contributed by atoms with Crippen molar-refractivity contribution >= 4 is 23.5 Å². The molecule has 40 heavy (non-hydrogen) atoms. The molecule has 216 valence electrons. The summed E-state index contributed by atoms with van der Waals surface area (Å²) >= 11 is 5.91. The number of carboxylic acid groups (broad SMARTS) is 1. The standard InChI is InChI=1S/C30H34ClF3N2O4/c1-18-16-36(10-8-26(18)20-3-2-4-21(13-20)27(37)38)25-7-9-29(40-17-25,22-5-6-22)28(39)35-15-19-11-23(30(32,33)34)14-24(31)12-19/h2-4,11-14,18,22,25-26H,5-10,15-17H2,1H3,(H,35,39)(H,37,38)/t18-,25+,26-,29-/m0/s1. The highest BCUT2D eigenvalue weighted by atomic mass is 35.5. The Balaban J connectivity index is 1.19. The van der Waals surface area contributed by atoms with Gasteiger partial charge in [0, 0.05) is 24.2 Å². The summed E-state index contributed by atoms with van der Waals surface area (Å²) in [7, 11) is 0. The van der Waals surface area contributed by atoms with Crippen LogP contribution in [0.4, 0.5) is 13.2 Å². The molecule has 2 heterocycles. The molecule has 1 amide bonds. The van der Waals surface area contributed by atoms with Crippen LogP contribution in [0, 0.1) is 11.8 Å². The molecule has 1 saturated carbocycles. The number of carbonyl (C=O) groups is 2. The van der Waals surface area contributed by atoms with Crippen molar-refractivity contribution in [2.45, 2.75) is 69.3 Å². The van der Waals surface area contributed by atoms with Crippen LogP contribution in [0.2, 0.25) is 5.02 Å². The zero-order chi connectivity index (χ0) is 28.7. The van der Waals surface area contributed by atoms with E-state index >= 15 is 0 Å². The van der Waals surface area contributed by atoms with E-state index in [1.54, 1.807) is 18.2 Å². The van der Waals surface area contributed by atoms with Crippen LogP contribution in [0.15, 0.2) is 42.5 Å². The van der Waals surface area contributed by atoms with Crippen molar-refractivity contribution in [1.29, 1.82) is 0 Å². The molecule has 2 saturated heterocycles. The second-order valence-corrected chi connectivity index (χ2v) is 11.9. The van der Waals surface area contributed by atoms with Crippen molar-refractivity contribution in [1.82, 2.24) is 10.2 Å². The molecule has 0 bridgehead atoms. The number of carboxylic acids is 1. The van der Waals surface area contributed by atoms with Gasteiger partial charge in [0.2, 0.25) is 0 Å². The number of halogens is 4. The molecular formula is C30H34ClF3N2O4. The van der Waals surface area contributed by atoms with E-state index in [0.29, 0.717) is 30.1 Å². The third-order valence-electron chi connectivity index (χ3n) is 8.76. The van der Waals surface area contributed by atoms with Crippen LogP contribution in [0.25, 0.3) is 0 Å². The highest BCUT2D eigenvalue weighted by molar-refractivity contribution is 6.30. The van der Waals surface area contributed by atoms with E-state index in [-0.39, 0.29) is 35.4 Å². The summed E-state index contributed by atoms with van der Waals surface area (Å²) in [6.45, 7) is 4.27. The van der Waals surface area contributed by atoms with Gasteiger partial charge < -0.3 is 15.2 Å². The smallest absolute Gasteiger partial charge is 0.416 e. The number of hydrogen-bond donors (Lipinski definition) is 2. The normalized spacial score (nSPS) is 27.8. The summed E-state index contributed by atoms with van der Waals surface area (Å²) in [5, 5.41) is 12.2. The van der Waals surface area contributed by atoms with Gasteiger partial charge in [-0.25, -0.2) is 4.79 Å². The van der Waals surface area contributed by atoms with Crippen LogP contribution in [-0.2, 0) is 22.3 Å². The number of aromatic carboxylic acids is 1. The molecule has 5 rings (SSSR count). The fourth-order valence-electron chi connectivity index (χ4n) is 6.46. The second-order valence-electron chi connectivity index (χ2n) is 11.5. The molecule has 2 N–H and O–H groups in total. The number of nitrogens with one attached hydrogen (secondary N) is 1. The van der Waals surface area contributed by atoms with E-state index < -0.39 is 23.3 Å². The Labute approximate surface area is 236 Å². The second kappa shape index (κ2) is 11.3. The number of likely N-dealkylation sites (tertiary alicyclic amines) is 1. The minimum atomic E-state index is -4.52. The van der Waals surface area contributed by atoms with Gasteiger partial charge in [0.1, 0.15) is 5.60 Å². The predicted molar refractivity (Wildman–Crippen MR) is 144 cm³/mol. The summed E-state index contributed by atoms with van der Waals surface area (Å²) in [6.07, 6.45) is -0.461. The first-order valence-corrected chi connectivity index (χ1v) is 14.2. The molecule has 4 atom stereocenters. The Morgan fingerprint density at radius 1 is 1.15 bits per heavy atom. The number of rotatable bonds is 7. The van der Waals surface area contributed by atoms with E-state index in [9.17, 15) is 27.9 Å². The van der Waals surface area contributed by atoms with E-state index in [0.717, 1.165) is 56.5 Å². The molecule has 0 aromatic heterocycles. The van der Waals surface area contributed by atoms with Crippen molar-refractivity contribution in [2.75, 3.05) is 19.7 Å². The average Bonchev–Trinajstić information content (AvgIpc) is 3.77. The molecule has 0 unspecified atom stereocenters. The van der Waals surface area contributed by atoms with Gasteiger partial charge in [-0.2, -0.15) is 13.2 Å². The molecule has 10 heteroatoms. The maximum absolute atomic E-state index is 13.4. The maximum atomic E-state index is 13.4. The first-order chi connectivity index (χ1) is 19.0. The number of alkyl halides is 3. The van der Waals surface area contributed by atoms with E-state index in [4.69, 9.17) is 16.3 Å². The number of carbonyl (C=O) groups excluding carboxylic acids is 1. The molecule has 1 aliphatic carbocycles. The SMILES string of the molecule is C[C@H]1CN([C@@H]2CC[C@@](C(=O)NCc3cc(Cl)cc(C(F)(F)F)c3)(C3CC3)OC2)CC[C@@H]1c1cccc(C(=O)O)c1. The first kappa shape index (κ1) is 28.9. The number of piperidine rings is 1. The fourth-order valence-corrected chi connectivity index (χ4v) is 6.72. The van der Waals surface area contributed by atoms with Crippen molar-refractivity contribution in [3.8, 4) is 0 Å². The van der Waals surface area contributed by atoms with Gasteiger partial charge in [0.05, 0.1) is 17.7 Å². The summed E-state index contributed by atoms with van der Waals surface area (Å²) in [5.74, 6) is -0.471. The summed E-state index contributed by atoms with van der Waals surface area (Å²) < 4.78 is 45.9. The fraction of sp³-hybridized carbons (Fsp3) is 0.533. The number of ether oxygens (including phenoxy) is 1. The summed E-state index contributed by atoms with van der Waals surface area (Å²) in [4.78, 5) is 27.2. The third-order valence-corrected chi connectivity index (χ3v) is 8.97. The van der Waals surface area contributed by atoms with Crippen molar-refractivity contribution in [3.05, 3.63) is 69.7 Å². The van der Waals surface area contributed by atoms with Crippen molar-refractivity contribution < 1.29 is 32.6 Å². The lowest BCUT2D eigenvalue weighted by atomic mass is 9.79. The molecule has 0 spiro atoms. The molecule has 2 aromatic carbocycles. The largest absolute Gasteiger partial charge is 0.478 e. The van der Waals surface area contributed by atoms with Gasteiger partial charge in [-0.05, 0) is 97.9 Å². The number of hydrogen-bond acceptors (Lipinski definition) is 4. The quantitative estimate of drug-likeness (QED) is 0.413. The Kier molecular flexibility index (Phi) is 8.19. The van der Waals surface area contributed by atoms with E-state index in [1.807, 2.05) is 6.07 Å². The zero-order valence-electron chi connectivity index (χ0n) is 22.3. The zero-order valence-corrected chi connectivity index (χ0v) is 23.1. The first-order valence-electron chi connectivity index (χ1n) is 13.8. The summed E-state index contributed by atoms with van der Waals surface area (Å²) in [6, 6.07) is 10.7. The van der Waals surface area contributed by atoms with Crippen LogP contribution in [0.3, 0.4) is 0 Å². The van der Waals surface area contributed by atoms with Crippen molar-refractivity contribution in [3.63, 3.8) is 0 Å². The minimum Gasteiger partial charge on any atom is -0.478 e. The van der Waals surface area contributed by atoms with Crippen molar-refractivity contribution in [2.24, 2.45) is 11.8 Å². The van der Waals surface area contributed by atoms with Gasteiger partial charge >= 0.3 is 12.1 Å². The Morgan fingerprint density at radius 2 is 1.93 bits per heavy atom. The third kappa shape index (κ3) is 6.16. The molecule has 2 aromatic rings. The lowest BCUT2D eigenvalue weighted by molar-refractivity contribution is -0.166. The van der Waals surface area contributed by atoms with Gasteiger partial charge in [-0.3, -0.25) is 9.69 Å². The molecular weight excluding hydrogens is 545 g/mol. The van der Waals surface area contributed by atoms with Crippen LogP contribution in [0.5, 0.6) is 0 Å². The Bertz CT molecular complexity index is 1260. The number of benzene rings is 2. The lowest BCUT2D eigenvalue weighted by Gasteiger charge is -2.46. The Morgan fingerprint density at radius 3 is 2.55 bits per heavy atom. The monoisotopic (exact) mass is 578 g/mol. The highest BCUT2D eigenvalue weighted by Gasteiger charge is 2.54. The molecule has 6 nitrogen and oxygen atoms in total. The molecule has 3 fully saturated rings. The lowest BCUT2D eigenvalue weighted by Crippen LogP contribution is -2.57. The Hall–Kier alpha value is -2.62. The number of amides is 1. The molecule has 0 radical (unpaired) electrons. The number of nitrogens with zero attached hydrogens (tertiary/aromatic N) is 1. The van der Waals surface area contributed by atoms with Gasteiger partial charge in [-0.1, -0.05) is 30.7 Å². The molecule has 2 aliphatic heterocycles. The van der Waals surface area contributed by atoms with Crippen LogP contribution >= 0.6 is 11.6 Å². The average molecular weight is 579 g/mol. The minimum absolute atomic E-state index is 0.0275. The summed E-state index contributed by atoms with van der Waals surface area (Å²) in [5.41, 5.74) is -0.149. The van der Waals surface area contributed by atoms with E-state index in [1.165, 1.54) is 6.07 Å². The predicted octanol–water partition coefficient (Wildman–Crippen LogP) is 6.13. The van der Waals surface area contributed by atoms with Gasteiger partial charge in [0.25, 0.3) is 5.91 Å². The van der Waals surface area contributed by atoms with Crippen LogP contribution < -0.4 is 5.32 Å².